The molecule has 4 atom stereocenters. The molecule has 2 aliphatic carbocycles. The molecule has 2 amide bonds. The van der Waals surface area contributed by atoms with Crippen LogP contribution in [0, 0.1) is 29.6 Å². The van der Waals surface area contributed by atoms with Crippen molar-refractivity contribution in [2.75, 3.05) is 39.9 Å². The first-order valence-corrected chi connectivity index (χ1v) is 10.1. The van der Waals surface area contributed by atoms with Crippen LogP contribution in [0.5, 0.6) is 0 Å². The van der Waals surface area contributed by atoms with E-state index in [9.17, 15) is 9.59 Å². The largest absolute Gasteiger partial charge is 0.381 e. The number of rotatable bonds is 9. The minimum Gasteiger partial charge on any atom is -0.381 e. The number of nitrogens with one attached hydrogen (secondary N) is 2. The summed E-state index contributed by atoms with van der Waals surface area (Å²) in [5.74, 6) is 1.55. The van der Waals surface area contributed by atoms with Gasteiger partial charge in [0.05, 0.1) is 11.8 Å². The van der Waals surface area contributed by atoms with E-state index in [-0.39, 0.29) is 35.5 Å². The van der Waals surface area contributed by atoms with E-state index in [4.69, 9.17) is 4.74 Å². The van der Waals surface area contributed by atoms with Crippen molar-refractivity contribution in [3.05, 3.63) is 12.2 Å². The van der Waals surface area contributed by atoms with Crippen molar-refractivity contribution in [3.8, 4) is 0 Å². The first-order chi connectivity index (χ1) is 13.0. The van der Waals surface area contributed by atoms with Crippen LogP contribution in [0.4, 0.5) is 0 Å². The lowest BCUT2D eigenvalue weighted by Gasteiger charge is -2.18. The van der Waals surface area contributed by atoms with E-state index < -0.39 is 0 Å². The van der Waals surface area contributed by atoms with E-state index in [1.54, 1.807) is 7.05 Å². The fourth-order valence-corrected chi connectivity index (χ4v) is 4.39. The van der Waals surface area contributed by atoms with E-state index >= 15 is 0 Å². The Balaban J connectivity index is 1.35. The molecule has 1 aliphatic heterocycles. The minimum atomic E-state index is -0.115. The highest BCUT2D eigenvalue weighted by molar-refractivity contribution is 6.06. The molecule has 0 radical (unpaired) electrons. The third kappa shape index (κ3) is 4.34. The molecule has 2 N–H and O–H groups in total. The van der Waals surface area contributed by atoms with Crippen molar-refractivity contribution in [3.63, 3.8) is 0 Å². The van der Waals surface area contributed by atoms with Gasteiger partial charge in [-0.1, -0.05) is 26.0 Å². The maximum atomic E-state index is 12.6. The molecular formula is C20H32N4O3. The number of amides is 2. The summed E-state index contributed by atoms with van der Waals surface area (Å²) in [6.07, 6.45) is 6.11. The summed E-state index contributed by atoms with van der Waals surface area (Å²) < 4.78 is 5.55. The fraction of sp³-hybridized carbons (Fsp3) is 0.750. The summed E-state index contributed by atoms with van der Waals surface area (Å²) in [4.78, 5) is 30.9. The second kappa shape index (κ2) is 8.87. The normalized spacial score (nSPS) is 29.2. The summed E-state index contributed by atoms with van der Waals surface area (Å²) in [6.45, 7) is 7.43. The molecule has 27 heavy (non-hydrogen) atoms. The van der Waals surface area contributed by atoms with Crippen molar-refractivity contribution in [2.45, 2.75) is 26.7 Å². The van der Waals surface area contributed by atoms with Gasteiger partial charge in [0.1, 0.15) is 0 Å². The van der Waals surface area contributed by atoms with E-state index in [0.717, 1.165) is 32.6 Å². The van der Waals surface area contributed by atoms with E-state index in [0.29, 0.717) is 25.0 Å². The highest BCUT2D eigenvalue weighted by Gasteiger charge is 2.58. The first-order valence-electron chi connectivity index (χ1n) is 10.1. The Bertz CT molecular complexity index is 586. The van der Waals surface area contributed by atoms with Crippen LogP contribution < -0.4 is 10.6 Å². The lowest BCUT2D eigenvalue weighted by Crippen LogP contribution is -2.44. The maximum absolute atomic E-state index is 12.6. The van der Waals surface area contributed by atoms with E-state index in [2.05, 4.69) is 41.6 Å². The number of allylic oxidation sites excluding steroid dienone is 2. The van der Waals surface area contributed by atoms with Crippen LogP contribution in [0.2, 0.25) is 0 Å². The average Bonchev–Trinajstić information content (AvgIpc) is 3.32. The molecule has 0 aromatic carbocycles. The zero-order chi connectivity index (χ0) is 19.4. The molecule has 0 spiro atoms. The third-order valence-electron chi connectivity index (χ3n) is 5.62. The Kier molecular flexibility index (Phi) is 6.52. The van der Waals surface area contributed by atoms with Gasteiger partial charge in [0, 0.05) is 39.9 Å². The predicted octanol–water partition coefficient (Wildman–Crippen LogP) is 1.02. The molecule has 0 aromatic rings. The zero-order valence-electron chi connectivity index (χ0n) is 16.6. The number of guanidine groups is 1. The number of nitrogens with zero attached hydrogens (tertiary/aromatic N) is 2. The number of hydrogen-bond donors (Lipinski definition) is 2. The summed E-state index contributed by atoms with van der Waals surface area (Å²) >= 11 is 0. The SMILES string of the molecule is CN=C(NCCCOCC(C)C)NCCN1C(=O)C2C3C=CC(C3)C2C1=O. The lowest BCUT2D eigenvalue weighted by molar-refractivity contribution is -0.140. The zero-order valence-corrected chi connectivity index (χ0v) is 16.6. The third-order valence-corrected chi connectivity index (χ3v) is 5.62. The van der Waals surface area contributed by atoms with Crippen LogP contribution in [-0.2, 0) is 14.3 Å². The van der Waals surface area contributed by atoms with Gasteiger partial charge in [-0.3, -0.25) is 19.5 Å². The Hall–Kier alpha value is -1.89. The quantitative estimate of drug-likeness (QED) is 0.206. The van der Waals surface area contributed by atoms with Gasteiger partial charge in [-0.25, -0.2) is 0 Å². The molecule has 3 aliphatic rings. The Morgan fingerprint density at radius 1 is 1.19 bits per heavy atom. The molecule has 0 aromatic heterocycles. The fourth-order valence-electron chi connectivity index (χ4n) is 4.39. The molecule has 1 saturated carbocycles. The molecule has 4 unspecified atom stereocenters. The number of carbonyl (C=O) groups is 2. The topological polar surface area (TPSA) is 83.0 Å². The number of imide groups is 1. The van der Waals surface area contributed by atoms with Gasteiger partial charge in [0.2, 0.25) is 11.8 Å². The molecular weight excluding hydrogens is 344 g/mol. The van der Waals surface area contributed by atoms with Crippen LogP contribution in [0.1, 0.15) is 26.7 Å². The number of likely N-dealkylation sites (tertiary alicyclic amines) is 1. The molecule has 7 heteroatoms. The van der Waals surface area contributed by atoms with Crippen LogP contribution in [0.25, 0.3) is 0 Å². The molecule has 3 rings (SSSR count). The second-order valence-corrected chi connectivity index (χ2v) is 8.08. The van der Waals surface area contributed by atoms with Crippen molar-refractivity contribution in [1.82, 2.24) is 15.5 Å². The summed E-state index contributed by atoms with van der Waals surface area (Å²) in [7, 11) is 1.71. The summed E-state index contributed by atoms with van der Waals surface area (Å²) in [5.41, 5.74) is 0. The van der Waals surface area contributed by atoms with Crippen LogP contribution in [0.15, 0.2) is 17.1 Å². The maximum Gasteiger partial charge on any atom is 0.233 e. The number of fused-ring (bicyclic) bond motifs is 5. The Morgan fingerprint density at radius 2 is 1.81 bits per heavy atom. The van der Waals surface area contributed by atoms with E-state index in [1.807, 2.05) is 0 Å². The Labute approximate surface area is 161 Å². The molecule has 1 heterocycles. The van der Waals surface area contributed by atoms with Gasteiger partial charge >= 0.3 is 0 Å². The summed E-state index contributed by atoms with van der Waals surface area (Å²) in [6, 6.07) is 0. The van der Waals surface area contributed by atoms with Gasteiger partial charge in [-0.2, -0.15) is 0 Å². The Morgan fingerprint density at radius 3 is 2.41 bits per heavy atom. The van der Waals surface area contributed by atoms with Crippen LogP contribution in [-0.4, -0.2) is 62.6 Å². The van der Waals surface area contributed by atoms with Gasteiger partial charge in [-0.15, -0.1) is 0 Å². The highest BCUT2D eigenvalue weighted by Crippen LogP contribution is 2.52. The molecule has 2 fully saturated rings. The molecule has 1 saturated heterocycles. The molecule has 150 valence electrons. The number of hydrogen-bond acceptors (Lipinski definition) is 4. The first kappa shape index (κ1) is 19.9. The van der Waals surface area contributed by atoms with E-state index in [1.165, 1.54) is 4.90 Å². The lowest BCUT2D eigenvalue weighted by atomic mass is 9.85. The smallest absolute Gasteiger partial charge is 0.233 e. The number of ether oxygens (including phenoxy) is 1. The van der Waals surface area contributed by atoms with Crippen molar-refractivity contribution in [2.24, 2.45) is 34.6 Å². The summed E-state index contributed by atoms with van der Waals surface area (Å²) in [5, 5.41) is 6.42. The predicted molar refractivity (Wildman–Crippen MR) is 104 cm³/mol. The average molecular weight is 377 g/mol. The van der Waals surface area contributed by atoms with Crippen LogP contribution in [0.3, 0.4) is 0 Å². The van der Waals surface area contributed by atoms with Gasteiger partial charge in [0.25, 0.3) is 0 Å². The molecule has 2 bridgehead atoms. The van der Waals surface area contributed by atoms with Gasteiger partial charge in [0.15, 0.2) is 5.96 Å². The standard InChI is InChI=1S/C20H32N4O3/c1-13(2)12-27-10-4-7-22-20(21-3)23-8-9-24-18(25)16-14-5-6-15(11-14)17(16)19(24)26/h5-6,13-17H,4,7-12H2,1-3H3,(H2,21,22,23). The molecule has 7 nitrogen and oxygen atoms in total. The van der Waals surface area contributed by atoms with Crippen LogP contribution >= 0.6 is 0 Å². The van der Waals surface area contributed by atoms with Crippen molar-refractivity contribution < 1.29 is 14.3 Å². The monoisotopic (exact) mass is 376 g/mol. The number of carbonyl (C=O) groups excluding carboxylic acids is 2. The van der Waals surface area contributed by atoms with Gasteiger partial charge < -0.3 is 15.4 Å². The minimum absolute atomic E-state index is 0.00824. The van der Waals surface area contributed by atoms with Gasteiger partial charge in [-0.05, 0) is 30.6 Å². The second-order valence-electron chi connectivity index (χ2n) is 8.08. The number of aliphatic imine (C=N–C) groups is 1. The van der Waals surface area contributed by atoms with Crippen molar-refractivity contribution in [1.29, 1.82) is 0 Å². The van der Waals surface area contributed by atoms with Crippen molar-refractivity contribution >= 4 is 17.8 Å². The highest BCUT2D eigenvalue weighted by atomic mass is 16.5.